The van der Waals surface area contributed by atoms with Crippen molar-refractivity contribution in [3.05, 3.63) is 29.3 Å². The standard InChI is InChI=1S/C19H32ClN5O.HI/c1-5-21-19(23-13-17-14-24(3)10-11-25(17)4)22-12-15(2)26-18-8-6-16(20)7-9-18;/h6-9,15,17H,5,10-14H2,1-4H3,(H2,21,22,23);1H. The molecule has 0 amide bonds. The smallest absolute Gasteiger partial charge is 0.191 e. The van der Waals surface area contributed by atoms with E-state index < -0.39 is 0 Å². The number of rotatable bonds is 7. The second kappa shape index (κ2) is 12.6. The fourth-order valence-corrected chi connectivity index (χ4v) is 3.01. The summed E-state index contributed by atoms with van der Waals surface area (Å²) in [5, 5.41) is 7.48. The minimum absolute atomic E-state index is 0. The Labute approximate surface area is 185 Å². The summed E-state index contributed by atoms with van der Waals surface area (Å²) in [5.41, 5.74) is 0. The predicted octanol–water partition coefficient (Wildman–Crippen LogP) is 2.53. The maximum atomic E-state index is 5.90. The van der Waals surface area contributed by atoms with Crippen LogP contribution in [-0.4, -0.2) is 81.3 Å². The first-order valence-electron chi connectivity index (χ1n) is 9.31. The van der Waals surface area contributed by atoms with Gasteiger partial charge in [-0.05, 0) is 52.2 Å². The van der Waals surface area contributed by atoms with E-state index in [1.807, 2.05) is 31.2 Å². The molecule has 0 radical (unpaired) electrons. The maximum absolute atomic E-state index is 5.90. The molecule has 0 spiro atoms. The zero-order chi connectivity index (χ0) is 18.9. The molecule has 1 aliphatic rings. The number of ether oxygens (including phenoxy) is 1. The van der Waals surface area contributed by atoms with Gasteiger partial charge in [-0.25, -0.2) is 4.99 Å². The van der Waals surface area contributed by atoms with Crippen LogP contribution in [0, 0.1) is 0 Å². The highest BCUT2D eigenvalue weighted by Gasteiger charge is 2.22. The number of hydrogen-bond donors (Lipinski definition) is 2. The van der Waals surface area contributed by atoms with Gasteiger partial charge >= 0.3 is 0 Å². The van der Waals surface area contributed by atoms with Crippen molar-refractivity contribution in [3.63, 3.8) is 0 Å². The van der Waals surface area contributed by atoms with Gasteiger partial charge < -0.3 is 20.3 Å². The minimum atomic E-state index is -0.0184. The Balaban J connectivity index is 0.00000364. The summed E-state index contributed by atoms with van der Waals surface area (Å²) in [4.78, 5) is 9.45. The quantitative estimate of drug-likeness (QED) is 0.336. The van der Waals surface area contributed by atoms with E-state index in [1.54, 1.807) is 0 Å². The molecule has 1 heterocycles. The zero-order valence-electron chi connectivity index (χ0n) is 16.7. The van der Waals surface area contributed by atoms with Crippen molar-refractivity contribution in [1.29, 1.82) is 0 Å². The van der Waals surface area contributed by atoms with Gasteiger partial charge in [0.05, 0.1) is 6.54 Å². The molecule has 27 heavy (non-hydrogen) atoms. The van der Waals surface area contributed by atoms with Gasteiger partial charge in [0.25, 0.3) is 0 Å². The highest BCUT2D eigenvalue weighted by molar-refractivity contribution is 14.0. The minimum Gasteiger partial charge on any atom is -0.489 e. The molecule has 0 bridgehead atoms. The van der Waals surface area contributed by atoms with Gasteiger partial charge in [-0.2, -0.15) is 0 Å². The van der Waals surface area contributed by atoms with Crippen LogP contribution in [0.15, 0.2) is 29.3 Å². The van der Waals surface area contributed by atoms with Gasteiger partial charge in [0.15, 0.2) is 5.96 Å². The molecule has 1 saturated heterocycles. The Kier molecular flexibility index (Phi) is 11.4. The number of piperazine rings is 1. The Hall–Kier alpha value is -0.770. The first-order chi connectivity index (χ1) is 12.5. The number of halogens is 2. The van der Waals surface area contributed by atoms with Gasteiger partial charge in [-0.3, -0.25) is 4.90 Å². The summed E-state index contributed by atoms with van der Waals surface area (Å²) in [6.07, 6.45) is -0.0184. The van der Waals surface area contributed by atoms with Gasteiger partial charge in [0.1, 0.15) is 11.9 Å². The van der Waals surface area contributed by atoms with Crippen LogP contribution in [0.4, 0.5) is 0 Å². The van der Waals surface area contributed by atoms with E-state index in [2.05, 4.69) is 46.4 Å². The Morgan fingerprint density at radius 2 is 1.96 bits per heavy atom. The van der Waals surface area contributed by atoms with Crippen LogP contribution in [-0.2, 0) is 0 Å². The molecule has 2 atom stereocenters. The van der Waals surface area contributed by atoms with Crippen molar-refractivity contribution < 1.29 is 4.74 Å². The van der Waals surface area contributed by atoms with E-state index >= 15 is 0 Å². The van der Waals surface area contributed by atoms with Crippen molar-refractivity contribution in [2.75, 3.05) is 53.4 Å². The molecular formula is C19H33ClIN5O. The number of aliphatic imine (C=N–C) groups is 1. The Morgan fingerprint density at radius 3 is 2.63 bits per heavy atom. The fraction of sp³-hybridized carbons (Fsp3) is 0.632. The van der Waals surface area contributed by atoms with Crippen LogP contribution in [0.5, 0.6) is 5.75 Å². The van der Waals surface area contributed by atoms with Gasteiger partial charge in [-0.1, -0.05) is 11.6 Å². The van der Waals surface area contributed by atoms with E-state index in [1.165, 1.54) is 0 Å². The van der Waals surface area contributed by atoms with E-state index in [4.69, 9.17) is 16.3 Å². The van der Waals surface area contributed by atoms with Gasteiger partial charge in [0, 0.05) is 43.8 Å². The fourth-order valence-electron chi connectivity index (χ4n) is 2.88. The maximum Gasteiger partial charge on any atom is 0.191 e. The first-order valence-corrected chi connectivity index (χ1v) is 9.69. The van der Waals surface area contributed by atoms with E-state index in [-0.39, 0.29) is 30.1 Å². The summed E-state index contributed by atoms with van der Waals surface area (Å²) >= 11 is 5.90. The lowest BCUT2D eigenvalue weighted by Crippen LogP contribution is -2.55. The number of hydrogen-bond acceptors (Lipinski definition) is 4. The van der Waals surface area contributed by atoms with Gasteiger partial charge in [0.2, 0.25) is 0 Å². The Bertz CT molecular complexity index is 572. The highest BCUT2D eigenvalue weighted by atomic mass is 127. The molecule has 2 rings (SSSR count). The van der Waals surface area contributed by atoms with Crippen molar-refractivity contribution >= 4 is 41.5 Å². The molecule has 1 aliphatic heterocycles. The summed E-state index contributed by atoms with van der Waals surface area (Å²) in [6.45, 7) is 9.68. The molecule has 8 heteroatoms. The molecule has 154 valence electrons. The predicted molar refractivity (Wildman–Crippen MR) is 125 cm³/mol. The van der Waals surface area contributed by atoms with Crippen molar-refractivity contribution in [2.45, 2.75) is 26.0 Å². The van der Waals surface area contributed by atoms with Crippen molar-refractivity contribution in [3.8, 4) is 5.75 Å². The number of nitrogens with zero attached hydrogens (tertiary/aromatic N) is 3. The van der Waals surface area contributed by atoms with Crippen LogP contribution < -0.4 is 15.4 Å². The molecule has 0 aliphatic carbocycles. The van der Waals surface area contributed by atoms with E-state index in [0.29, 0.717) is 17.6 Å². The topological polar surface area (TPSA) is 52.1 Å². The Morgan fingerprint density at radius 1 is 1.26 bits per heavy atom. The average molecular weight is 510 g/mol. The molecular weight excluding hydrogens is 477 g/mol. The van der Waals surface area contributed by atoms with E-state index in [0.717, 1.165) is 44.4 Å². The molecule has 2 unspecified atom stereocenters. The van der Waals surface area contributed by atoms with Gasteiger partial charge in [-0.15, -0.1) is 24.0 Å². The lowest BCUT2D eigenvalue weighted by atomic mass is 10.2. The monoisotopic (exact) mass is 509 g/mol. The molecule has 1 aromatic rings. The second-order valence-corrected chi connectivity index (χ2v) is 7.32. The number of guanidine groups is 1. The number of benzene rings is 1. The van der Waals surface area contributed by atoms with E-state index in [9.17, 15) is 0 Å². The van der Waals surface area contributed by atoms with Crippen LogP contribution in [0.2, 0.25) is 5.02 Å². The van der Waals surface area contributed by atoms with Crippen LogP contribution in [0.3, 0.4) is 0 Å². The summed E-state index contributed by atoms with van der Waals surface area (Å²) in [5.74, 6) is 1.64. The molecule has 1 aromatic carbocycles. The number of nitrogens with one attached hydrogen (secondary N) is 2. The lowest BCUT2D eigenvalue weighted by molar-refractivity contribution is 0.116. The first kappa shape index (κ1) is 24.3. The van der Waals surface area contributed by atoms with Crippen molar-refractivity contribution in [1.82, 2.24) is 20.4 Å². The normalized spacial score (nSPS) is 19.9. The second-order valence-electron chi connectivity index (χ2n) is 6.88. The largest absolute Gasteiger partial charge is 0.489 e. The molecule has 0 saturated carbocycles. The van der Waals surface area contributed by atoms with Crippen LogP contribution >= 0.6 is 35.6 Å². The third-order valence-corrected chi connectivity index (χ3v) is 4.74. The SMILES string of the molecule is CCNC(=NCC(C)Oc1ccc(Cl)cc1)NCC1CN(C)CCN1C.I. The van der Waals surface area contributed by atoms with Crippen LogP contribution in [0.25, 0.3) is 0 Å². The van der Waals surface area contributed by atoms with Crippen LogP contribution in [0.1, 0.15) is 13.8 Å². The third-order valence-electron chi connectivity index (χ3n) is 4.49. The third kappa shape index (κ3) is 8.85. The highest BCUT2D eigenvalue weighted by Crippen LogP contribution is 2.16. The van der Waals surface area contributed by atoms with Crippen molar-refractivity contribution in [2.24, 2.45) is 4.99 Å². The summed E-state index contributed by atoms with van der Waals surface area (Å²) in [6, 6.07) is 7.90. The molecule has 2 N–H and O–H groups in total. The summed E-state index contributed by atoms with van der Waals surface area (Å²) < 4.78 is 5.89. The zero-order valence-corrected chi connectivity index (χ0v) is 19.8. The summed E-state index contributed by atoms with van der Waals surface area (Å²) in [7, 11) is 4.36. The molecule has 0 aromatic heterocycles. The average Bonchev–Trinajstić information content (AvgIpc) is 2.62. The molecule has 6 nitrogen and oxygen atoms in total. The number of likely N-dealkylation sites (N-methyl/N-ethyl adjacent to an activating group) is 2. The lowest BCUT2D eigenvalue weighted by Gasteiger charge is -2.37. The molecule has 1 fully saturated rings.